The van der Waals surface area contributed by atoms with Gasteiger partial charge in [0, 0.05) is 31.0 Å². The predicted molar refractivity (Wildman–Crippen MR) is 136 cm³/mol. The summed E-state index contributed by atoms with van der Waals surface area (Å²) < 4.78 is 4.90. The van der Waals surface area contributed by atoms with Crippen LogP contribution < -0.4 is 4.90 Å². The van der Waals surface area contributed by atoms with Gasteiger partial charge in [0.05, 0.1) is 28.6 Å². The van der Waals surface area contributed by atoms with Gasteiger partial charge in [0.25, 0.3) is 0 Å². The number of nitrogens with zero attached hydrogens (tertiary/aromatic N) is 3. The number of aromatic nitrogens is 2. The molecule has 1 atom stereocenters. The van der Waals surface area contributed by atoms with Gasteiger partial charge in [-0.05, 0) is 49.2 Å². The molecule has 3 aromatic rings. The molecule has 0 radical (unpaired) electrons. The van der Waals surface area contributed by atoms with Crippen LogP contribution in [0.1, 0.15) is 35.7 Å². The van der Waals surface area contributed by atoms with Crippen molar-refractivity contribution in [2.75, 3.05) is 18.6 Å². The van der Waals surface area contributed by atoms with Crippen molar-refractivity contribution < 1.29 is 14.3 Å². The van der Waals surface area contributed by atoms with Crippen LogP contribution in [0.5, 0.6) is 0 Å². The quantitative estimate of drug-likeness (QED) is 0.238. The molecule has 3 rings (SSSR count). The highest BCUT2D eigenvalue weighted by molar-refractivity contribution is 6.39. The highest BCUT2D eigenvalue weighted by Gasteiger charge is 2.24. The van der Waals surface area contributed by atoms with Crippen molar-refractivity contribution in [3.8, 4) is 0 Å². The number of rotatable bonds is 10. The molecular formula is C26H25Cl2N3O3. The van der Waals surface area contributed by atoms with Gasteiger partial charge in [0.2, 0.25) is 5.95 Å². The van der Waals surface area contributed by atoms with E-state index in [2.05, 4.69) is 9.97 Å². The molecule has 0 aliphatic heterocycles. The van der Waals surface area contributed by atoms with E-state index in [1.807, 2.05) is 48.2 Å². The number of anilines is 2. The number of carbonyl (C=O) groups excluding carboxylic acids is 2. The first kappa shape index (κ1) is 25.4. The third kappa shape index (κ3) is 6.43. The number of methoxy groups -OCH3 is 1. The van der Waals surface area contributed by atoms with Gasteiger partial charge in [-0.15, -0.1) is 0 Å². The SMILES string of the molecule is CCN(c1ccc(/C=C/CC(CC(=O)c2c(Cl)cccc2Cl)C(=O)OC)cc1)c1ncccn1. The van der Waals surface area contributed by atoms with E-state index in [0.29, 0.717) is 12.4 Å². The van der Waals surface area contributed by atoms with E-state index in [4.69, 9.17) is 27.9 Å². The minimum absolute atomic E-state index is 0.0536. The number of hydrogen-bond donors (Lipinski definition) is 0. The molecule has 0 saturated carbocycles. The topological polar surface area (TPSA) is 72.4 Å². The molecule has 1 unspecified atom stereocenters. The fraction of sp³-hybridized carbons (Fsp3) is 0.231. The summed E-state index contributed by atoms with van der Waals surface area (Å²) in [6.07, 6.45) is 7.47. The minimum atomic E-state index is -0.647. The lowest BCUT2D eigenvalue weighted by Gasteiger charge is -2.20. The summed E-state index contributed by atoms with van der Waals surface area (Å²) in [6, 6.07) is 14.6. The second-order valence-corrected chi connectivity index (χ2v) is 8.28. The first-order valence-corrected chi connectivity index (χ1v) is 11.6. The first-order chi connectivity index (χ1) is 16.4. The van der Waals surface area contributed by atoms with E-state index in [9.17, 15) is 9.59 Å². The number of hydrogen-bond acceptors (Lipinski definition) is 6. The Bertz CT molecular complexity index is 1130. The number of benzene rings is 2. The molecule has 1 heterocycles. The maximum atomic E-state index is 12.8. The van der Waals surface area contributed by atoms with Crippen molar-refractivity contribution in [1.82, 2.24) is 9.97 Å². The van der Waals surface area contributed by atoms with E-state index in [0.717, 1.165) is 17.8 Å². The number of ether oxygens (including phenoxy) is 1. The largest absolute Gasteiger partial charge is 0.469 e. The molecule has 0 N–H and O–H groups in total. The average Bonchev–Trinajstić information content (AvgIpc) is 2.85. The van der Waals surface area contributed by atoms with Crippen LogP contribution in [0.4, 0.5) is 11.6 Å². The van der Waals surface area contributed by atoms with Gasteiger partial charge in [-0.1, -0.05) is 53.6 Å². The molecule has 6 nitrogen and oxygen atoms in total. The van der Waals surface area contributed by atoms with Gasteiger partial charge >= 0.3 is 5.97 Å². The van der Waals surface area contributed by atoms with Gasteiger partial charge in [-0.3, -0.25) is 9.59 Å². The lowest BCUT2D eigenvalue weighted by Crippen LogP contribution is -2.20. The van der Waals surface area contributed by atoms with Crippen LogP contribution in [-0.4, -0.2) is 35.4 Å². The van der Waals surface area contributed by atoms with Crippen LogP contribution in [0, 0.1) is 5.92 Å². The highest BCUT2D eigenvalue weighted by atomic mass is 35.5. The fourth-order valence-corrected chi connectivity index (χ4v) is 4.13. The zero-order chi connectivity index (χ0) is 24.5. The van der Waals surface area contributed by atoms with Crippen LogP contribution in [0.25, 0.3) is 6.08 Å². The van der Waals surface area contributed by atoms with Crippen molar-refractivity contribution in [2.24, 2.45) is 5.92 Å². The van der Waals surface area contributed by atoms with Crippen LogP contribution in [0.2, 0.25) is 10.0 Å². The Morgan fingerprint density at radius 2 is 1.68 bits per heavy atom. The predicted octanol–water partition coefficient (Wildman–Crippen LogP) is 6.41. The van der Waals surface area contributed by atoms with E-state index in [1.165, 1.54) is 7.11 Å². The molecule has 0 fully saturated rings. The summed E-state index contributed by atoms with van der Waals surface area (Å²) >= 11 is 12.3. The number of ketones is 1. The monoisotopic (exact) mass is 497 g/mol. The summed E-state index contributed by atoms with van der Waals surface area (Å²) in [5.41, 5.74) is 2.15. The molecule has 8 heteroatoms. The van der Waals surface area contributed by atoms with Crippen LogP contribution >= 0.6 is 23.2 Å². The normalized spacial score (nSPS) is 11.9. The van der Waals surface area contributed by atoms with Crippen molar-refractivity contribution in [1.29, 1.82) is 0 Å². The van der Waals surface area contributed by atoms with Crippen LogP contribution in [0.15, 0.2) is 67.0 Å². The molecule has 0 spiro atoms. The lowest BCUT2D eigenvalue weighted by atomic mass is 9.95. The van der Waals surface area contributed by atoms with E-state index < -0.39 is 11.9 Å². The molecular weight excluding hydrogens is 473 g/mol. The smallest absolute Gasteiger partial charge is 0.309 e. The Hall–Kier alpha value is -3.22. The molecule has 34 heavy (non-hydrogen) atoms. The third-order valence-electron chi connectivity index (χ3n) is 5.25. The zero-order valence-electron chi connectivity index (χ0n) is 18.9. The van der Waals surface area contributed by atoms with Crippen molar-refractivity contribution >= 4 is 52.7 Å². The molecule has 176 valence electrons. The summed E-state index contributed by atoms with van der Waals surface area (Å²) in [6.45, 7) is 2.76. The van der Waals surface area contributed by atoms with Crippen molar-refractivity contribution in [3.63, 3.8) is 0 Å². The van der Waals surface area contributed by atoms with Crippen LogP contribution in [0.3, 0.4) is 0 Å². The number of esters is 1. The fourth-order valence-electron chi connectivity index (χ4n) is 3.52. The number of carbonyl (C=O) groups is 2. The Morgan fingerprint density at radius 1 is 1.03 bits per heavy atom. The molecule has 0 aliphatic rings. The molecule has 0 amide bonds. The maximum absolute atomic E-state index is 12.8. The number of halogens is 2. The second-order valence-electron chi connectivity index (χ2n) is 7.47. The number of Topliss-reactive ketones (excluding diaryl/α,β-unsaturated/α-hetero) is 1. The number of allylic oxidation sites excluding steroid dienone is 1. The van der Waals surface area contributed by atoms with Gasteiger partial charge in [0.15, 0.2) is 5.78 Å². The Labute approximate surface area is 209 Å². The standard InChI is InChI=1S/C26H25Cl2N3O3/c1-3-31(26-29-15-6-16-30-26)20-13-11-18(12-14-20)7-4-8-19(25(33)34-2)17-23(32)24-21(27)9-5-10-22(24)28/h4-7,9-16,19H,3,8,17H2,1-2H3/b7-4+. The Morgan fingerprint density at radius 3 is 2.26 bits per heavy atom. The van der Waals surface area contributed by atoms with E-state index in [1.54, 1.807) is 36.7 Å². The third-order valence-corrected chi connectivity index (χ3v) is 5.88. The summed E-state index contributed by atoms with van der Waals surface area (Å²) in [5, 5.41) is 0.526. The molecule has 0 bridgehead atoms. The zero-order valence-corrected chi connectivity index (χ0v) is 20.5. The highest BCUT2D eigenvalue weighted by Crippen LogP contribution is 2.28. The Kier molecular flexibility index (Phi) is 9.19. The lowest BCUT2D eigenvalue weighted by molar-refractivity contribution is -0.145. The molecule has 1 aromatic heterocycles. The average molecular weight is 498 g/mol. The first-order valence-electron chi connectivity index (χ1n) is 10.8. The summed E-state index contributed by atoms with van der Waals surface area (Å²) in [5.74, 6) is -0.770. The molecule has 0 aliphatic carbocycles. The van der Waals surface area contributed by atoms with Crippen molar-refractivity contribution in [2.45, 2.75) is 19.8 Å². The van der Waals surface area contributed by atoms with Gasteiger partial charge < -0.3 is 9.64 Å². The summed E-state index contributed by atoms with van der Waals surface area (Å²) in [4.78, 5) is 35.7. The van der Waals surface area contributed by atoms with Gasteiger partial charge in [0.1, 0.15) is 0 Å². The maximum Gasteiger partial charge on any atom is 0.309 e. The minimum Gasteiger partial charge on any atom is -0.469 e. The van der Waals surface area contributed by atoms with E-state index >= 15 is 0 Å². The Balaban J connectivity index is 1.68. The summed E-state index contributed by atoms with van der Waals surface area (Å²) in [7, 11) is 1.31. The van der Waals surface area contributed by atoms with Crippen LogP contribution in [-0.2, 0) is 9.53 Å². The second kappa shape index (κ2) is 12.3. The molecule has 0 saturated heterocycles. The van der Waals surface area contributed by atoms with E-state index in [-0.39, 0.29) is 27.8 Å². The molecule has 2 aromatic carbocycles. The van der Waals surface area contributed by atoms with Crippen molar-refractivity contribution in [3.05, 3.63) is 88.2 Å². The van der Waals surface area contributed by atoms with Gasteiger partial charge in [-0.2, -0.15) is 0 Å². The van der Waals surface area contributed by atoms with Gasteiger partial charge in [-0.25, -0.2) is 9.97 Å².